The summed E-state index contributed by atoms with van der Waals surface area (Å²) in [6.45, 7) is 3.11. The van der Waals surface area contributed by atoms with Gasteiger partial charge in [0.2, 0.25) is 0 Å². The number of amides is 1. The minimum atomic E-state index is -1.32. The van der Waals surface area contributed by atoms with Gasteiger partial charge >= 0.3 is 0 Å². The molecule has 1 unspecified atom stereocenters. The molecule has 0 spiro atoms. The van der Waals surface area contributed by atoms with Crippen molar-refractivity contribution in [2.75, 3.05) is 13.2 Å². The number of aliphatic hydroxyl groups is 2. The van der Waals surface area contributed by atoms with E-state index in [0.717, 1.165) is 0 Å². The Morgan fingerprint density at radius 2 is 2.40 bits per heavy atom. The topological polar surface area (TPSA) is 69.6 Å². The van der Waals surface area contributed by atoms with Gasteiger partial charge in [-0.2, -0.15) is 0 Å². The molecule has 4 nitrogen and oxygen atoms in total. The lowest BCUT2D eigenvalue weighted by Crippen LogP contribution is -2.36. The van der Waals surface area contributed by atoms with E-state index in [1.165, 1.54) is 6.08 Å². The molecular formula is C6H11NO3. The standard InChI is InChI=1S/C6H11NO3/c1-2-3-7-6(10)5(9)4-8/h2,5,8-9H,1,3-4H2,(H,7,10). The molecule has 0 aliphatic heterocycles. The third-order valence-corrected chi connectivity index (χ3v) is 0.896. The van der Waals surface area contributed by atoms with Crippen molar-refractivity contribution in [3.05, 3.63) is 12.7 Å². The first-order valence-electron chi connectivity index (χ1n) is 2.90. The van der Waals surface area contributed by atoms with Crippen molar-refractivity contribution in [3.63, 3.8) is 0 Å². The van der Waals surface area contributed by atoms with E-state index in [2.05, 4.69) is 11.9 Å². The molecular weight excluding hydrogens is 134 g/mol. The Morgan fingerprint density at radius 3 is 2.80 bits per heavy atom. The molecule has 0 rings (SSSR count). The number of carbonyl (C=O) groups is 1. The van der Waals surface area contributed by atoms with Crippen molar-refractivity contribution >= 4 is 5.91 Å². The van der Waals surface area contributed by atoms with Crippen molar-refractivity contribution in [3.8, 4) is 0 Å². The van der Waals surface area contributed by atoms with Gasteiger partial charge in [0, 0.05) is 6.54 Å². The minimum Gasteiger partial charge on any atom is -0.393 e. The predicted molar refractivity (Wildman–Crippen MR) is 36.3 cm³/mol. The maximum absolute atomic E-state index is 10.6. The Balaban J connectivity index is 3.51. The van der Waals surface area contributed by atoms with Gasteiger partial charge in [-0.25, -0.2) is 0 Å². The van der Waals surface area contributed by atoms with Crippen LogP contribution in [0.3, 0.4) is 0 Å². The molecule has 1 amide bonds. The molecule has 0 bridgehead atoms. The van der Waals surface area contributed by atoms with Gasteiger partial charge in [-0.1, -0.05) is 6.08 Å². The molecule has 58 valence electrons. The zero-order valence-corrected chi connectivity index (χ0v) is 5.58. The Kier molecular flexibility index (Phi) is 4.53. The van der Waals surface area contributed by atoms with Crippen LogP contribution in [0.15, 0.2) is 12.7 Å². The molecule has 0 fully saturated rings. The summed E-state index contributed by atoms with van der Waals surface area (Å²) in [5.74, 6) is -0.581. The summed E-state index contributed by atoms with van der Waals surface area (Å²) in [6.07, 6.45) is 0.169. The van der Waals surface area contributed by atoms with Crippen LogP contribution in [-0.2, 0) is 4.79 Å². The fraction of sp³-hybridized carbons (Fsp3) is 0.500. The van der Waals surface area contributed by atoms with E-state index in [1.807, 2.05) is 0 Å². The molecule has 1 atom stereocenters. The second-order valence-electron chi connectivity index (χ2n) is 1.73. The van der Waals surface area contributed by atoms with Gasteiger partial charge in [-0.3, -0.25) is 4.79 Å². The van der Waals surface area contributed by atoms with E-state index in [-0.39, 0.29) is 0 Å². The summed E-state index contributed by atoms with van der Waals surface area (Å²) in [7, 11) is 0. The van der Waals surface area contributed by atoms with Gasteiger partial charge in [-0.05, 0) is 0 Å². The molecule has 0 saturated carbocycles. The average Bonchev–Trinajstić information content (AvgIpc) is 1.98. The van der Waals surface area contributed by atoms with E-state index in [9.17, 15) is 4.79 Å². The molecule has 3 N–H and O–H groups in total. The normalized spacial score (nSPS) is 12.2. The van der Waals surface area contributed by atoms with E-state index in [0.29, 0.717) is 6.54 Å². The first-order chi connectivity index (χ1) is 4.72. The third kappa shape index (κ3) is 3.21. The fourth-order valence-electron chi connectivity index (χ4n) is 0.373. The zero-order valence-electron chi connectivity index (χ0n) is 5.58. The number of carbonyl (C=O) groups excluding carboxylic acids is 1. The SMILES string of the molecule is C=CCNC(=O)C(O)CO. The first-order valence-corrected chi connectivity index (χ1v) is 2.90. The van der Waals surface area contributed by atoms with Gasteiger partial charge in [0.25, 0.3) is 5.91 Å². The van der Waals surface area contributed by atoms with Crippen LogP contribution in [0.5, 0.6) is 0 Å². The number of aliphatic hydroxyl groups excluding tert-OH is 2. The summed E-state index contributed by atoms with van der Waals surface area (Å²) in [5, 5.41) is 19.2. The number of nitrogens with one attached hydrogen (secondary N) is 1. The molecule has 0 aromatic rings. The lowest BCUT2D eigenvalue weighted by Gasteiger charge is -2.05. The van der Waals surface area contributed by atoms with Gasteiger partial charge in [0.05, 0.1) is 6.61 Å². The second kappa shape index (κ2) is 4.96. The van der Waals surface area contributed by atoms with Crippen LogP contribution in [0.2, 0.25) is 0 Å². The van der Waals surface area contributed by atoms with E-state index in [1.54, 1.807) is 0 Å². The molecule has 10 heavy (non-hydrogen) atoms. The smallest absolute Gasteiger partial charge is 0.251 e. The van der Waals surface area contributed by atoms with Gasteiger partial charge in [0.1, 0.15) is 0 Å². The lowest BCUT2D eigenvalue weighted by molar-refractivity contribution is -0.130. The molecule has 4 heteroatoms. The predicted octanol–water partition coefficient (Wildman–Crippen LogP) is -1.36. The van der Waals surface area contributed by atoms with Crippen molar-refractivity contribution in [1.29, 1.82) is 0 Å². The van der Waals surface area contributed by atoms with E-state index < -0.39 is 18.6 Å². The van der Waals surface area contributed by atoms with Crippen LogP contribution in [0.25, 0.3) is 0 Å². The van der Waals surface area contributed by atoms with Crippen LogP contribution < -0.4 is 5.32 Å². The fourth-order valence-corrected chi connectivity index (χ4v) is 0.373. The second-order valence-corrected chi connectivity index (χ2v) is 1.73. The Hall–Kier alpha value is -0.870. The first kappa shape index (κ1) is 9.13. The Bertz CT molecular complexity index is 124. The summed E-state index contributed by atoms with van der Waals surface area (Å²) < 4.78 is 0. The maximum Gasteiger partial charge on any atom is 0.251 e. The lowest BCUT2D eigenvalue weighted by atomic mass is 10.3. The van der Waals surface area contributed by atoms with Crippen LogP contribution in [0.4, 0.5) is 0 Å². The molecule has 0 saturated heterocycles. The quantitative estimate of drug-likeness (QED) is 0.428. The average molecular weight is 145 g/mol. The van der Waals surface area contributed by atoms with Crippen LogP contribution in [-0.4, -0.2) is 35.4 Å². The van der Waals surface area contributed by atoms with Gasteiger partial charge < -0.3 is 15.5 Å². The Labute approximate surface area is 59.2 Å². The maximum atomic E-state index is 10.6. The van der Waals surface area contributed by atoms with Crippen LogP contribution >= 0.6 is 0 Å². The van der Waals surface area contributed by atoms with Crippen molar-refractivity contribution in [2.24, 2.45) is 0 Å². The summed E-state index contributed by atoms with van der Waals surface area (Å²) >= 11 is 0. The highest BCUT2D eigenvalue weighted by molar-refractivity contribution is 5.80. The number of hydrogen-bond acceptors (Lipinski definition) is 3. The molecule has 0 aromatic heterocycles. The summed E-state index contributed by atoms with van der Waals surface area (Å²) in [6, 6.07) is 0. The summed E-state index contributed by atoms with van der Waals surface area (Å²) in [4.78, 5) is 10.6. The van der Waals surface area contributed by atoms with Gasteiger partial charge in [-0.15, -0.1) is 6.58 Å². The molecule has 0 aliphatic carbocycles. The minimum absolute atomic E-state index is 0.301. The summed E-state index contributed by atoms with van der Waals surface area (Å²) in [5.41, 5.74) is 0. The number of rotatable bonds is 4. The van der Waals surface area contributed by atoms with Crippen molar-refractivity contribution < 1.29 is 15.0 Å². The highest BCUT2D eigenvalue weighted by Gasteiger charge is 2.10. The Morgan fingerprint density at radius 1 is 1.80 bits per heavy atom. The monoisotopic (exact) mass is 145 g/mol. The van der Waals surface area contributed by atoms with Crippen molar-refractivity contribution in [1.82, 2.24) is 5.32 Å². The molecule has 0 radical (unpaired) electrons. The van der Waals surface area contributed by atoms with E-state index in [4.69, 9.17) is 10.2 Å². The van der Waals surface area contributed by atoms with Crippen LogP contribution in [0, 0.1) is 0 Å². The van der Waals surface area contributed by atoms with Crippen molar-refractivity contribution in [2.45, 2.75) is 6.10 Å². The largest absolute Gasteiger partial charge is 0.393 e. The molecule has 0 heterocycles. The molecule has 0 aliphatic rings. The zero-order chi connectivity index (χ0) is 7.98. The van der Waals surface area contributed by atoms with Crippen LogP contribution in [0.1, 0.15) is 0 Å². The van der Waals surface area contributed by atoms with Gasteiger partial charge in [0.15, 0.2) is 6.10 Å². The molecule has 0 aromatic carbocycles. The van der Waals surface area contributed by atoms with E-state index >= 15 is 0 Å². The highest BCUT2D eigenvalue weighted by Crippen LogP contribution is 1.78. The third-order valence-electron chi connectivity index (χ3n) is 0.896. The number of hydrogen-bond donors (Lipinski definition) is 3. The highest BCUT2D eigenvalue weighted by atomic mass is 16.3.